The zero-order valence-electron chi connectivity index (χ0n) is 11.2. The minimum Gasteiger partial charge on any atom is -0.507 e. The smallest absolute Gasteiger partial charge is 0.128 e. The van der Waals surface area contributed by atoms with Crippen LogP contribution in [-0.4, -0.2) is 10.7 Å². The van der Waals surface area contributed by atoms with E-state index in [1.54, 1.807) is 0 Å². The lowest BCUT2D eigenvalue weighted by molar-refractivity contribution is 0.0713. The Bertz CT molecular complexity index is 478. The SMILES string of the molecule is Cc1c(C)c2c(c(C)c1O)C(N)CC(C)(C)O2. The van der Waals surface area contributed by atoms with E-state index in [1.807, 2.05) is 34.6 Å². The van der Waals surface area contributed by atoms with Gasteiger partial charge in [-0.05, 0) is 51.3 Å². The van der Waals surface area contributed by atoms with Gasteiger partial charge in [-0.3, -0.25) is 0 Å². The van der Waals surface area contributed by atoms with Crippen LogP contribution in [0.1, 0.15) is 48.6 Å². The van der Waals surface area contributed by atoms with Crippen molar-refractivity contribution in [2.45, 2.75) is 52.7 Å². The highest BCUT2D eigenvalue weighted by atomic mass is 16.5. The van der Waals surface area contributed by atoms with Crippen LogP contribution in [0.5, 0.6) is 11.5 Å². The van der Waals surface area contributed by atoms with E-state index < -0.39 is 0 Å². The van der Waals surface area contributed by atoms with Crippen LogP contribution in [0.15, 0.2) is 0 Å². The number of aromatic hydroxyl groups is 1. The second-order valence-corrected chi connectivity index (χ2v) is 5.64. The van der Waals surface area contributed by atoms with Gasteiger partial charge >= 0.3 is 0 Å². The fourth-order valence-corrected chi connectivity index (χ4v) is 2.66. The fraction of sp³-hybridized carbons (Fsp3) is 0.571. The van der Waals surface area contributed by atoms with Gasteiger partial charge in [-0.2, -0.15) is 0 Å². The second kappa shape index (κ2) is 3.64. The van der Waals surface area contributed by atoms with E-state index in [9.17, 15) is 5.11 Å². The van der Waals surface area contributed by atoms with Crippen LogP contribution in [-0.2, 0) is 0 Å². The molecule has 94 valence electrons. The number of phenolic OH excluding ortho intramolecular Hbond substituents is 1. The summed E-state index contributed by atoms with van der Waals surface area (Å²) < 4.78 is 6.05. The molecule has 0 fully saturated rings. The molecule has 17 heavy (non-hydrogen) atoms. The third kappa shape index (κ3) is 1.78. The largest absolute Gasteiger partial charge is 0.507 e. The molecule has 1 aromatic rings. The molecule has 0 amide bonds. The molecule has 0 aromatic heterocycles. The summed E-state index contributed by atoms with van der Waals surface area (Å²) in [6.07, 6.45) is 0.767. The van der Waals surface area contributed by atoms with Crippen molar-refractivity contribution in [1.29, 1.82) is 0 Å². The molecule has 2 rings (SSSR count). The zero-order chi connectivity index (χ0) is 13.0. The van der Waals surface area contributed by atoms with Gasteiger partial charge in [-0.15, -0.1) is 0 Å². The Kier molecular flexibility index (Phi) is 2.62. The monoisotopic (exact) mass is 235 g/mol. The molecule has 0 spiro atoms. The Morgan fingerprint density at radius 1 is 1.18 bits per heavy atom. The van der Waals surface area contributed by atoms with Gasteiger partial charge in [0.2, 0.25) is 0 Å². The molecule has 0 radical (unpaired) electrons. The molecule has 1 atom stereocenters. The molecule has 3 N–H and O–H groups in total. The number of benzene rings is 1. The Morgan fingerprint density at radius 3 is 2.35 bits per heavy atom. The molecule has 1 aromatic carbocycles. The van der Waals surface area contributed by atoms with E-state index in [1.165, 1.54) is 0 Å². The van der Waals surface area contributed by atoms with Gasteiger partial charge in [-0.1, -0.05) is 0 Å². The first-order valence-corrected chi connectivity index (χ1v) is 6.02. The van der Waals surface area contributed by atoms with Crippen molar-refractivity contribution in [3.63, 3.8) is 0 Å². The lowest BCUT2D eigenvalue weighted by Gasteiger charge is -2.38. The van der Waals surface area contributed by atoms with Crippen molar-refractivity contribution >= 4 is 0 Å². The molecule has 1 unspecified atom stereocenters. The topological polar surface area (TPSA) is 55.5 Å². The maximum Gasteiger partial charge on any atom is 0.128 e. The first-order valence-electron chi connectivity index (χ1n) is 6.02. The van der Waals surface area contributed by atoms with E-state index in [0.717, 1.165) is 34.4 Å². The standard InChI is InChI=1S/C14H21NO2/c1-7-8(2)13-11(9(3)12(7)16)10(15)6-14(4,5)17-13/h10,16H,6,15H2,1-5H3. The van der Waals surface area contributed by atoms with Gasteiger partial charge in [-0.25, -0.2) is 0 Å². The summed E-state index contributed by atoms with van der Waals surface area (Å²) in [7, 11) is 0. The first kappa shape index (κ1) is 12.2. The number of rotatable bonds is 0. The van der Waals surface area contributed by atoms with Crippen LogP contribution >= 0.6 is 0 Å². The van der Waals surface area contributed by atoms with E-state index in [0.29, 0.717) is 5.75 Å². The second-order valence-electron chi connectivity index (χ2n) is 5.64. The third-order valence-electron chi connectivity index (χ3n) is 3.72. The molecule has 0 saturated heterocycles. The van der Waals surface area contributed by atoms with Crippen molar-refractivity contribution in [1.82, 2.24) is 0 Å². The van der Waals surface area contributed by atoms with Gasteiger partial charge in [0.15, 0.2) is 0 Å². The van der Waals surface area contributed by atoms with Crippen molar-refractivity contribution in [3.05, 3.63) is 22.3 Å². The van der Waals surface area contributed by atoms with Crippen LogP contribution in [0.4, 0.5) is 0 Å². The molecule has 1 heterocycles. The van der Waals surface area contributed by atoms with E-state index >= 15 is 0 Å². The summed E-state index contributed by atoms with van der Waals surface area (Å²) >= 11 is 0. The minimum atomic E-state index is -0.243. The van der Waals surface area contributed by atoms with Crippen LogP contribution < -0.4 is 10.5 Å². The van der Waals surface area contributed by atoms with Crippen molar-refractivity contribution < 1.29 is 9.84 Å². The molecule has 0 aliphatic carbocycles. The quantitative estimate of drug-likeness (QED) is 0.727. The number of phenols is 1. The van der Waals surface area contributed by atoms with Gasteiger partial charge in [0, 0.05) is 18.0 Å². The first-order chi connectivity index (χ1) is 7.74. The maximum atomic E-state index is 10.1. The highest BCUT2D eigenvalue weighted by Crippen LogP contribution is 2.46. The van der Waals surface area contributed by atoms with Crippen LogP contribution in [0.25, 0.3) is 0 Å². The summed E-state index contributed by atoms with van der Waals surface area (Å²) in [5.41, 5.74) is 9.66. The van der Waals surface area contributed by atoms with E-state index in [4.69, 9.17) is 10.5 Å². The third-order valence-corrected chi connectivity index (χ3v) is 3.72. The molecular formula is C14H21NO2. The number of hydrogen-bond acceptors (Lipinski definition) is 3. The summed E-state index contributed by atoms with van der Waals surface area (Å²) in [4.78, 5) is 0. The van der Waals surface area contributed by atoms with Gasteiger partial charge in [0.05, 0.1) is 0 Å². The minimum absolute atomic E-state index is 0.0704. The summed E-state index contributed by atoms with van der Waals surface area (Å²) in [6, 6.07) is -0.0704. The predicted octanol–water partition coefficient (Wildman–Crippen LogP) is 2.88. The molecule has 3 heteroatoms. The number of fused-ring (bicyclic) bond motifs is 1. The average Bonchev–Trinajstić information content (AvgIpc) is 2.21. The molecule has 0 bridgehead atoms. The van der Waals surface area contributed by atoms with Gasteiger partial charge in [0.25, 0.3) is 0 Å². The summed E-state index contributed by atoms with van der Waals surface area (Å²) in [6.45, 7) is 9.89. The molecule has 3 nitrogen and oxygen atoms in total. The molecule has 0 saturated carbocycles. The highest BCUT2D eigenvalue weighted by Gasteiger charge is 2.35. The fourth-order valence-electron chi connectivity index (χ4n) is 2.66. The number of ether oxygens (including phenoxy) is 1. The van der Waals surface area contributed by atoms with Crippen molar-refractivity contribution in [3.8, 4) is 11.5 Å². The van der Waals surface area contributed by atoms with Crippen LogP contribution in [0.2, 0.25) is 0 Å². The maximum absolute atomic E-state index is 10.1. The normalized spacial score (nSPS) is 21.9. The van der Waals surface area contributed by atoms with Crippen LogP contribution in [0, 0.1) is 20.8 Å². The highest BCUT2D eigenvalue weighted by molar-refractivity contribution is 5.59. The Labute approximate surface area is 103 Å². The van der Waals surface area contributed by atoms with Crippen molar-refractivity contribution in [2.24, 2.45) is 5.73 Å². The zero-order valence-corrected chi connectivity index (χ0v) is 11.2. The average molecular weight is 235 g/mol. The molecular weight excluding hydrogens is 214 g/mol. The summed E-state index contributed by atoms with van der Waals surface area (Å²) in [5, 5.41) is 10.1. The lowest BCUT2D eigenvalue weighted by Crippen LogP contribution is -2.38. The van der Waals surface area contributed by atoms with E-state index in [2.05, 4.69) is 0 Å². The Morgan fingerprint density at radius 2 is 1.76 bits per heavy atom. The molecule has 1 aliphatic heterocycles. The van der Waals surface area contributed by atoms with Crippen molar-refractivity contribution in [2.75, 3.05) is 0 Å². The Hall–Kier alpha value is -1.22. The number of nitrogens with two attached hydrogens (primary N) is 1. The van der Waals surface area contributed by atoms with Crippen LogP contribution in [0.3, 0.4) is 0 Å². The van der Waals surface area contributed by atoms with Gasteiger partial charge < -0.3 is 15.6 Å². The van der Waals surface area contributed by atoms with Gasteiger partial charge in [0.1, 0.15) is 17.1 Å². The predicted molar refractivity (Wildman–Crippen MR) is 68.6 cm³/mol. The Balaban J connectivity index is 2.72. The number of hydrogen-bond donors (Lipinski definition) is 2. The molecule has 1 aliphatic rings. The van der Waals surface area contributed by atoms with E-state index in [-0.39, 0.29) is 11.6 Å². The lowest BCUT2D eigenvalue weighted by atomic mass is 9.85. The summed E-state index contributed by atoms with van der Waals surface area (Å²) in [5.74, 6) is 1.21.